The number of imide groups is 1. The quantitative estimate of drug-likeness (QED) is 0.787. The predicted octanol–water partition coefficient (Wildman–Crippen LogP) is 0.839. The van der Waals surface area contributed by atoms with Gasteiger partial charge in [-0.1, -0.05) is 6.92 Å². The van der Waals surface area contributed by atoms with Gasteiger partial charge in [0.05, 0.1) is 23.3 Å². The molecule has 1 aromatic rings. The lowest BCUT2D eigenvalue weighted by atomic mass is 10.0. The van der Waals surface area contributed by atoms with Gasteiger partial charge in [-0.2, -0.15) is 0 Å². The summed E-state index contributed by atoms with van der Waals surface area (Å²) in [5.41, 5.74) is -0.387. The number of aromatic nitrogens is 1. The molecule has 0 aliphatic carbocycles. The van der Waals surface area contributed by atoms with Crippen molar-refractivity contribution in [1.82, 2.24) is 9.88 Å². The van der Waals surface area contributed by atoms with Crippen LogP contribution in [0.15, 0.2) is 18.5 Å². The molecule has 1 N–H and O–H groups in total. The van der Waals surface area contributed by atoms with Crippen molar-refractivity contribution in [1.29, 1.82) is 0 Å². The second-order valence-electron chi connectivity index (χ2n) is 4.47. The number of β-amino-alcohol motifs (C(OH)–C–C–N with tert-alkyl or cyclic N) is 1. The van der Waals surface area contributed by atoms with E-state index in [1.54, 1.807) is 13.8 Å². The second-order valence-corrected chi connectivity index (χ2v) is 4.47. The van der Waals surface area contributed by atoms with E-state index in [0.29, 0.717) is 17.5 Å². The average Bonchev–Trinajstić information content (AvgIpc) is 2.55. The average molecular weight is 234 g/mol. The molecule has 0 saturated carbocycles. The molecule has 5 nitrogen and oxygen atoms in total. The molecule has 17 heavy (non-hydrogen) atoms. The van der Waals surface area contributed by atoms with Gasteiger partial charge in [0.1, 0.15) is 0 Å². The van der Waals surface area contributed by atoms with Crippen molar-refractivity contribution in [2.24, 2.45) is 0 Å². The minimum absolute atomic E-state index is 0.00977. The minimum atomic E-state index is -1.05. The van der Waals surface area contributed by atoms with Gasteiger partial charge in [-0.3, -0.25) is 19.5 Å². The van der Waals surface area contributed by atoms with Crippen LogP contribution < -0.4 is 0 Å². The van der Waals surface area contributed by atoms with Crippen molar-refractivity contribution in [2.75, 3.05) is 6.54 Å². The van der Waals surface area contributed by atoms with Crippen molar-refractivity contribution in [2.45, 2.75) is 25.9 Å². The summed E-state index contributed by atoms with van der Waals surface area (Å²) in [7, 11) is 0. The topological polar surface area (TPSA) is 70.5 Å². The first-order valence-corrected chi connectivity index (χ1v) is 5.49. The molecule has 0 fully saturated rings. The molecule has 2 rings (SSSR count). The van der Waals surface area contributed by atoms with E-state index in [9.17, 15) is 14.7 Å². The number of aliphatic hydroxyl groups is 1. The van der Waals surface area contributed by atoms with E-state index in [-0.39, 0.29) is 18.4 Å². The molecular formula is C12H14N2O3. The van der Waals surface area contributed by atoms with E-state index < -0.39 is 5.60 Å². The van der Waals surface area contributed by atoms with Gasteiger partial charge in [-0.15, -0.1) is 0 Å². The SMILES string of the molecule is CCC(C)(O)CN1C(=O)c2ccncc2C1=O. The van der Waals surface area contributed by atoms with Gasteiger partial charge in [0.15, 0.2) is 0 Å². The molecule has 90 valence electrons. The summed E-state index contributed by atoms with van der Waals surface area (Å²) < 4.78 is 0. The zero-order chi connectivity index (χ0) is 12.6. The van der Waals surface area contributed by atoms with Gasteiger partial charge >= 0.3 is 0 Å². The molecule has 2 amide bonds. The Kier molecular flexibility index (Phi) is 2.71. The molecule has 1 aliphatic rings. The van der Waals surface area contributed by atoms with Crippen molar-refractivity contribution < 1.29 is 14.7 Å². The first kappa shape index (κ1) is 11.7. The van der Waals surface area contributed by atoms with Gasteiger partial charge in [-0.05, 0) is 19.4 Å². The second kappa shape index (κ2) is 3.92. The number of carbonyl (C=O) groups excluding carboxylic acids is 2. The Labute approximate surface area is 99.1 Å². The van der Waals surface area contributed by atoms with E-state index in [2.05, 4.69) is 4.98 Å². The molecule has 1 aromatic heterocycles. The molecule has 1 aliphatic heterocycles. The number of nitrogens with zero attached hydrogens (tertiary/aromatic N) is 2. The summed E-state index contributed by atoms with van der Waals surface area (Å²) in [6.45, 7) is 3.42. The standard InChI is InChI=1S/C12H14N2O3/c1-3-12(2,17)7-14-10(15)8-4-5-13-6-9(8)11(14)16/h4-6,17H,3,7H2,1-2H3. The Morgan fingerprint density at radius 3 is 2.59 bits per heavy atom. The Hall–Kier alpha value is -1.75. The number of fused-ring (bicyclic) bond motifs is 1. The van der Waals surface area contributed by atoms with Gasteiger partial charge in [-0.25, -0.2) is 0 Å². The fraction of sp³-hybridized carbons (Fsp3) is 0.417. The summed E-state index contributed by atoms with van der Waals surface area (Å²) in [4.78, 5) is 28.8. The van der Waals surface area contributed by atoms with Crippen LogP contribution >= 0.6 is 0 Å². The highest BCUT2D eigenvalue weighted by atomic mass is 16.3. The van der Waals surface area contributed by atoms with Crippen LogP contribution in [-0.2, 0) is 0 Å². The van der Waals surface area contributed by atoms with Crippen LogP contribution in [0.5, 0.6) is 0 Å². The smallest absolute Gasteiger partial charge is 0.263 e. The summed E-state index contributed by atoms with van der Waals surface area (Å²) in [6.07, 6.45) is 3.33. The van der Waals surface area contributed by atoms with Crippen molar-refractivity contribution in [3.8, 4) is 0 Å². The molecule has 0 bridgehead atoms. The van der Waals surface area contributed by atoms with Crippen LogP contribution in [-0.4, -0.2) is 39.0 Å². The van der Waals surface area contributed by atoms with E-state index >= 15 is 0 Å². The molecule has 0 spiro atoms. The van der Waals surface area contributed by atoms with Crippen molar-refractivity contribution >= 4 is 11.8 Å². The number of carbonyl (C=O) groups is 2. The van der Waals surface area contributed by atoms with Crippen LogP contribution in [0.1, 0.15) is 41.0 Å². The third-order valence-corrected chi connectivity index (χ3v) is 3.03. The van der Waals surface area contributed by atoms with Gasteiger partial charge in [0, 0.05) is 12.4 Å². The first-order chi connectivity index (χ1) is 7.96. The first-order valence-electron chi connectivity index (χ1n) is 5.49. The van der Waals surface area contributed by atoms with E-state index in [1.807, 2.05) is 0 Å². The lowest BCUT2D eigenvalue weighted by Gasteiger charge is -2.26. The molecule has 2 heterocycles. The van der Waals surface area contributed by atoms with Crippen LogP contribution in [0.3, 0.4) is 0 Å². The third kappa shape index (κ3) is 1.93. The number of hydrogen-bond acceptors (Lipinski definition) is 4. The van der Waals surface area contributed by atoms with Crippen molar-refractivity contribution in [3.63, 3.8) is 0 Å². The van der Waals surface area contributed by atoms with E-state index in [1.165, 1.54) is 18.5 Å². The van der Waals surface area contributed by atoms with E-state index in [0.717, 1.165) is 4.90 Å². The Morgan fingerprint density at radius 2 is 2.00 bits per heavy atom. The van der Waals surface area contributed by atoms with Crippen LogP contribution in [0.2, 0.25) is 0 Å². The number of hydrogen-bond donors (Lipinski definition) is 1. The minimum Gasteiger partial charge on any atom is -0.388 e. The predicted molar refractivity (Wildman–Crippen MR) is 60.5 cm³/mol. The highest BCUT2D eigenvalue weighted by Gasteiger charge is 2.38. The van der Waals surface area contributed by atoms with Crippen molar-refractivity contribution in [3.05, 3.63) is 29.6 Å². The van der Waals surface area contributed by atoms with E-state index in [4.69, 9.17) is 0 Å². The maximum Gasteiger partial charge on any atom is 0.263 e. The Balaban J connectivity index is 2.31. The fourth-order valence-corrected chi connectivity index (χ4v) is 1.73. The zero-order valence-corrected chi connectivity index (χ0v) is 9.80. The molecule has 1 unspecified atom stereocenters. The normalized spacial score (nSPS) is 18.2. The molecule has 0 saturated heterocycles. The monoisotopic (exact) mass is 234 g/mol. The largest absolute Gasteiger partial charge is 0.388 e. The molecular weight excluding hydrogens is 220 g/mol. The highest BCUT2D eigenvalue weighted by molar-refractivity contribution is 6.21. The molecule has 1 atom stereocenters. The fourth-order valence-electron chi connectivity index (χ4n) is 1.73. The Morgan fingerprint density at radius 1 is 1.35 bits per heavy atom. The summed E-state index contributed by atoms with van der Waals surface area (Å²) in [5, 5.41) is 9.94. The molecule has 5 heteroatoms. The zero-order valence-electron chi connectivity index (χ0n) is 9.80. The van der Waals surface area contributed by atoms with Crippen LogP contribution in [0.4, 0.5) is 0 Å². The highest BCUT2D eigenvalue weighted by Crippen LogP contribution is 2.24. The third-order valence-electron chi connectivity index (χ3n) is 3.03. The Bertz CT molecular complexity index is 447. The molecule has 0 radical (unpaired) electrons. The summed E-state index contributed by atoms with van der Waals surface area (Å²) in [6, 6.07) is 1.52. The number of rotatable bonds is 3. The van der Waals surface area contributed by atoms with Crippen LogP contribution in [0.25, 0.3) is 0 Å². The summed E-state index contributed by atoms with van der Waals surface area (Å²) >= 11 is 0. The van der Waals surface area contributed by atoms with Gasteiger partial charge in [0.25, 0.3) is 11.8 Å². The molecule has 0 aromatic carbocycles. The van der Waals surface area contributed by atoms with Gasteiger partial charge < -0.3 is 5.11 Å². The lowest BCUT2D eigenvalue weighted by Crippen LogP contribution is -2.43. The lowest BCUT2D eigenvalue weighted by molar-refractivity contribution is 0.0174. The maximum absolute atomic E-state index is 12.0. The number of pyridine rings is 1. The van der Waals surface area contributed by atoms with Crippen LogP contribution in [0, 0.1) is 0 Å². The summed E-state index contributed by atoms with van der Waals surface area (Å²) in [5.74, 6) is -0.743. The van der Waals surface area contributed by atoms with Gasteiger partial charge in [0.2, 0.25) is 0 Å². The number of amides is 2. The maximum atomic E-state index is 12.0.